The molecule has 0 bridgehead atoms. The molecule has 236 valence electrons. The van der Waals surface area contributed by atoms with Crippen LogP contribution in [-0.2, 0) is 0 Å². The number of fused-ring (bicyclic) bond motifs is 2. The van der Waals surface area contributed by atoms with E-state index in [1.165, 1.54) is 28.8 Å². The molecule has 2 atom stereocenters. The maximum Gasteiger partial charge on any atom is 0.219 e. The Morgan fingerprint density at radius 2 is 1.60 bits per heavy atom. The zero-order valence-electron chi connectivity index (χ0n) is 28.5. The van der Waals surface area contributed by atoms with Crippen LogP contribution >= 0.6 is 0 Å². The number of aryl methyl sites for hydroxylation is 1. The van der Waals surface area contributed by atoms with Gasteiger partial charge in [-0.25, -0.2) is 4.98 Å². The molecule has 0 radical (unpaired) electrons. The molecule has 2 heterocycles. The molecule has 45 heavy (non-hydrogen) atoms. The summed E-state index contributed by atoms with van der Waals surface area (Å²) in [5.41, 5.74) is 8.18. The van der Waals surface area contributed by atoms with Gasteiger partial charge in [0.1, 0.15) is 22.9 Å². The number of aliphatic imine (C=N–C) groups is 1. The summed E-state index contributed by atoms with van der Waals surface area (Å²) in [6.07, 6.45) is 3.39. The molecule has 6 rings (SSSR count). The van der Waals surface area contributed by atoms with Crippen molar-refractivity contribution in [1.82, 2.24) is 4.98 Å². The minimum absolute atomic E-state index is 0.165. The second-order valence-electron chi connectivity index (χ2n) is 15.0. The summed E-state index contributed by atoms with van der Waals surface area (Å²) < 4.78 is 6.48. The maximum atomic E-state index is 10.6. The number of hydrogen-bond acceptors (Lipinski definition) is 5. The van der Waals surface area contributed by atoms with Crippen molar-refractivity contribution in [3.63, 3.8) is 0 Å². The van der Waals surface area contributed by atoms with Crippen LogP contribution in [-0.4, -0.2) is 28.0 Å². The van der Waals surface area contributed by atoms with Crippen molar-refractivity contribution in [3.05, 3.63) is 88.5 Å². The summed E-state index contributed by atoms with van der Waals surface area (Å²) in [4.78, 5) is 12.9. The highest BCUT2D eigenvalue weighted by Crippen LogP contribution is 2.47. The number of amidine groups is 1. The standard InChI is InChI=1S/C40H49N3O2/c1-23(2)28-19-29(21-30(20-28)45-36-14-13-27-17-26(7)18-35(44)37(27)42-36)39-41-33-22-40(8,9)16-15-34(33)43(39)38-31(24(3)4)11-10-12-32(38)25(5)6/h10-14,17-21,23-25,33-34,44H,15-16,22H2,1-9H3/t33-,34-/m0/s1. The number of phenols is 1. The number of anilines is 1. The Morgan fingerprint density at radius 1 is 0.889 bits per heavy atom. The van der Waals surface area contributed by atoms with Gasteiger partial charge >= 0.3 is 0 Å². The van der Waals surface area contributed by atoms with Crippen molar-refractivity contribution < 1.29 is 9.84 Å². The third-order valence-electron chi connectivity index (χ3n) is 9.72. The van der Waals surface area contributed by atoms with Crippen LogP contribution < -0.4 is 9.64 Å². The third kappa shape index (κ3) is 6.06. The second kappa shape index (κ2) is 11.8. The van der Waals surface area contributed by atoms with E-state index in [4.69, 9.17) is 14.7 Å². The number of aromatic nitrogens is 1. The van der Waals surface area contributed by atoms with Crippen LogP contribution in [0.5, 0.6) is 17.4 Å². The van der Waals surface area contributed by atoms with Crippen molar-refractivity contribution in [2.75, 3.05) is 4.90 Å². The van der Waals surface area contributed by atoms with Crippen LogP contribution in [0.15, 0.2) is 65.7 Å². The molecule has 1 fully saturated rings. The van der Waals surface area contributed by atoms with E-state index in [1.54, 1.807) is 6.07 Å². The SMILES string of the molecule is Cc1cc(O)c2nc(Oc3cc(C4=N[C@H]5CC(C)(C)CC[C@@H]5N4c4c(C(C)C)cccc4C(C)C)cc(C(C)C)c3)ccc2c1. The van der Waals surface area contributed by atoms with Crippen molar-refractivity contribution in [2.45, 2.75) is 111 Å². The number of benzene rings is 3. The van der Waals surface area contributed by atoms with Gasteiger partial charge in [-0.3, -0.25) is 4.99 Å². The zero-order valence-corrected chi connectivity index (χ0v) is 28.5. The predicted octanol–water partition coefficient (Wildman–Crippen LogP) is 10.6. The molecule has 0 unspecified atom stereocenters. The van der Waals surface area contributed by atoms with Gasteiger partial charge < -0.3 is 14.7 Å². The van der Waals surface area contributed by atoms with Gasteiger partial charge in [-0.05, 0) is 108 Å². The number of pyridine rings is 1. The lowest BCUT2D eigenvalue weighted by Gasteiger charge is -2.41. The van der Waals surface area contributed by atoms with Crippen LogP contribution in [0.4, 0.5) is 5.69 Å². The lowest BCUT2D eigenvalue weighted by atomic mass is 9.73. The van der Waals surface area contributed by atoms with E-state index in [1.807, 2.05) is 25.1 Å². The molecule has 2 aliphatic rings. The quantitative estimate of drug-likeness (QED) is 0.228. The largest absolute Gasteiger partial charge is 0.506 e. The molecule has 5 nitrogen and oxygen atoms in total. The first-order valence-electron chi connectivity index (χ1n) is 16.7. The number of phenolic OH excluding ortho intramolecular Hbond substituents is 1. The Kier molecular flexibility index (Phi) is 8.18. The summed E-state index contributed by atoms with van der Waals surface area (Å²) in [5.74, 6) is 3.48. The topological polar surface area (TPSA) is 58.0 Å². The van der Waals surface area contributed by atoms with Gasteiger partial charge in [0.2, 0.25) is 5.88 Å². The fraction of sp³-hybridized carbons (Fsp3) is 0.450. The summed E-state index contributed by atoms with van der Waals surface area (Å²) in [7, 11) is 0. The minimum atomic E-state index is 0.165. The Labute approximate surface area is 269 Å². The minimum Gasteiger partial charge on any atom is -0.506 e. The molecular weight excluding hydrogens is 554 g/mol. The van der Waals surface area contributed by atoms with Crippen LogP contribution in [0.25, 0.3) is 10.9 Å². The number of nitrogens with zero attached hydrogens (tertiary/aromatic N) is 3. The van der Waals surface area contributed by atoms with Crippen molar-refractivity contribution in [3.8, 4) is 17.4 Å². The Morgan fingerprint density at radius 3 is 2.27 bits per heavy atom. The van der Waals surface area contributed by atoms with E-state index in [0.717, 1.165) is 40.9 Å². The highest BCUT2D eigenvalue weighted by atomic mass is 16.5. The number of aromatic hydroxyl groups is 1. The van der Waals surface area contributed by atoms with E-state index >= 15 is 0 Å². The molecule has 3 aromatic carbocycles. The smallest absolute Gasteiger partial charge is 0.219 e. The summed E-state index contributed by atoms with van der Waals surface area (Å²) in [6.45, 7) is 20.4. The fourth-order valence-corrected chi connectivity index (χ4v) is 7.29. The van der Waals surface area contributed by atoms with Crippen molar-refractivity contribution in [2.24, 2.45) is 10.4 Å². The van der Waals surface area contributed by atoms with E-state index in [-0.39, 0.29) is 17.2 Å². The average molecular weight is 604 g/mol. The fourth-order valence-electron chi connectivity index (χ4n) is 7.29. The Hall–Kier alpha value is -3.86. The molecule has 1 saturated carbocycles. The van der Waals surface area contributed by atoms with Crippen LogP contribution in [0.2, 0.25) is 0 Å². The number of para-hydroxylation sites is 1. The van der Waals surface area contributed by atoms with Gasteiger partial charge in [0.05, 0.1) is 12.1 Å². The molecule has 1 aliphatic carbocycles. The normalized spacial score (nSPS) is 19.5. The summed E-state index contributed by atoms with van der Waals surface area (Å²) in [5, 5.41) is 11.5. The highest BCUT2D eigenvalue weighted by molar-refractivity contribution is 6.13. The highest BCUT2D eigenvalue weighted by Gasteiger charge is 2.45. The van der Waals surface area contributed by atoms with Crippen molar-refractivity contribution >= 4 is 22.4 Å². The van der Waals surface area contributed by atoms with Crippen molar-refractivity contribution in [1.29, 1.82) is 0 Å². The van der Waals surface area contributed by atoms with Gasteiger partial charge in [0.25, 0.3) is 0 Å². The van der Waals surface area contributed by atoms with Gasteiger partial charge in [0.15, 0.2) is 0 Å². The van der Waals surface area contributed by atoms with Crippen LogP contribution in [0.3, 0.4) is 0 Å². The van der Waals surface area contributed by atoms with Gasteiger partial charge in [-0.2, -0.15) is 0 Å². The molecule has 0 spiro atoms. The molecule has 0 amide bonds. The van der Waals surface area contributed by atoms with E-state index in [0.29, 0.717) is 35.2 Å². The van der Waals surface area contributed by atoms with E-state index < -0.39 is 0 Å². The molecule has 5 heteroatoms. The van der Waals surface area contributed by atoms with E-state index in [2.05, 4.69) is 96.7 Å². The molecule has 4 aromatic rings. The molecule has 1 aromatic heterocycles. The lowest BCUT2D eigenvalue weighted by Crippen LogP contribution is -2.46. The summed E-state index contributed by atoms with van der Waals surface area (Å²) >= 11 is 0. The monoisotopic (exact) mass is 603 g/mol. The number of ether oxygens (including phenoxy) is 1. The molecular formula is C40H49N3O2. The second-order valence-corrected chi connectivity index (χ2v) is 15.0. The van der Waals surface area contributed by atoms with Crippen LogP contribution in [0.1, 0.15) is 120 Å². The molecule has 1 N–H and O–H groups in total. The third-order valence-corrected chi connectivity index (χ3v) is 9.72. The van der Waals surface area contributed by atoms with Crippen LogP contribution in [0, 0.1) is 12.3 Å². The molecule has 1 aliphatic heterocycles. The summed E-state index contributed by atoms with van der Waals surface area (Å²) in [6, 6.07) is 21.6. The average Bonchev–Trinajstić information content (AvgIpc) is 3.34. The number of rotatable bonds is 7. The zero-order chi connectivity index (χ0) is 32.2. The number of hydrogen-bond donors (Lipinski definition) is 1. The first-order chi connectivity index (χ1) is 21.3. The first-order valence-corrected chi connectivity index (χ1v) is 16.7. The van der Waals surface area contributed by atoms with Gasteiger partial charge in [-0.1, -0.05) is 73.6 Å². The van der Waals surface area contributed by atoms with Gasteiger partial charge in [0, 0.05) is 22.7 Å². The van der Waals surface area contributed by atoms with Gasteiger partial charge in [-0.15, -0.1) is 0 Å². The molecule has 0 saturated heterocycles. The van der Waals surface area contributed by atoms with E-state index in [9.17, 15) is 5.11 Å². The first kappa shape index (κ1) is 31.1. The maximum absolute atomic E-state index is 10.6. The Bertz CT molecular complexity index is 1740. The lowest BCUT2D eigenvalue weighted by molar-refractivity contribution is 0.209. The Balaban J connectivity index is 1.49. The predicted molar refractivity (Wildman–Crippen MR) is 188 cm³/mol.